The van der Waals surface area contributed by atoms with Gasteiger partial charge in [-0.15, -0.1) is 21.1 Å². The molecule has 1 aliphatic heterocycles. The second-order valence-electron chi connectivity index (χ2n) is 4.49. The number of nitrogens with zero attached hydrogens (tertiary/aromatic N) is 1. The Bertz CT molecular complexity index is 922. The number of carbonyl (C=O) groups excluding carboxylic acids is 2. The van der Waals surface area contributed by atoms with Crippen LogP contribution in [0.3, 0.4) is 0 Å². The van der Waals surface area contributed by atoms with Crippen LogP contribution >= 0.6 is 11.8 Å². The van der Waals surface area contributed by atoms with Gasteiger partial charge in [0.05, 0.1) is 11.1 Å². The van der Waals surface area contributed by atoms with Crippen molar-refractivity contribution in [3.05, 3.63) is 41.5 Å². The molecule has 2 amide bonds. The van der Waals surface area contributed by atoms with E-state index in [-0.39, 0.29) is 16.2 Å². The second kappa shape index (κ2) is 5.06. The molecule has 0 spiro atoms. The maximum Gasteiger partial charge on any atom is 0.419 e. The zero-order valence-electron chi connectivity index (χ0n) is 11.1. The van der Waals surface area contributed by atoms with E-state index >= 15 is 0 Å². The van der Waals surface area contributed by atoms with Crippen molar-refractivity contribution in [1.82, 2.24) is 5.06 Å². The quantitative estimate of drug-likeness (QED) is 0.517. The van der Waals surface area contributed by atoms with Gasteiger partial charge >= 0.3 is 10.4 Å². The molecule has 9 heteroatoms. The maximum absolute atomic E-state index is 12.4. The van der Waals surface area contributed by atoms with Crippen molar-refractivity contribution in [3.63, 3.8) is 0 Å². The summed E-state index contributed by atoms with van der Waals surface area (Å²) in [6, 6.07) is 8.20. The second-order valence-corrected chi connectivity index (χ2v) is 6.37. The first-order valence-corrected chi connectivity index (χ1v) is 8.57. The fraction of sp³-hybridized carbons (Fsp3) is 0.0769. The average Bonchev–Trinajstić information content (AvgIpc) is 2.47. The van der Waals surface area contributed by atoms with Gasteiger partial charge in [0.2, 0.25) is 0 Å². The molecule has 22 heavy (non-hydrogen) atoms. The number of hydrogen-bond donors (Lipinski definition) is 1. The van der Waals surface area contributed by atoms with Crippen molar-refractivity contribution in [2.24, 2.45) is 0 Å². The highest BCUT2D eigenvalue weighted by molar-refractivity contribution is 7.98. The Balaban J connectivity index is 2.29. The third kappa shape index (κ3) is 2.37. The molecule has 1 N–H and O–H groups in total. The van der Waals surface area contributed by atoms with Crippen LogP contribution in [0.25, 0.3) is 10.8 Å². The maximum atomic E-state index is 12.4. The van der Waals surface area contributed by atoms with Crippen LogP contribution in [0.5, 0.6) is 0 Å². The molecule has 0 fully saturated rings. The smallest absolute Gasteiger partial charge is 0.266 e. The molecule has 1 heterocycles. The van der Waals surface area contributed by atoms with E-state index in [9.17, 15) is 18.0 Å². The Kier molecular flexibility index (Phi) is 3.44. The van der Waals surface area contributed by atoms with Crippen molar-refractivity contribution >= 4 is 44.7 Å². The zero-order valence-corrected chi connectivity index (χ0v) is 12.8. The van der Waals surface area contributed by atoms with E-state index in [2.05, 4.69) is 4.28 Å². The number of benzene rings is 2. The normalized spacial score (nSPS) is 14.7. The predicted octanol–water partition coefficient (Wildman–Crippen LogP) is 1.89. The van der Waals surface area contributed by atoms with Crippen molar-refractivity contribution in [3.8, 4) is 0 Å². The highest BCUT2D eigenvalue weighted by Crippen LogP contribution is 2.33. The van der Waals surface area contributed by atoms with Gasteiger partial charge in [-0.25, -0.2) is 0 Å². The van der Waals surface area contributed by atoms with Gasteiger partial charge in [-0.1, -0.05) is 12.1 Å². The number of hydroxylamine groups is 2. The third-order valence-electron chi connectivity index (χ3n) is 3.18. The zero-order chi connectivity index (χ0) is 16.1. The summed E-state index contributed by atoms with van der Waals surface area (Å²) >= 11 is 1.40. The van der Waals surface area contributed by atoms with Gasteiger partial charge < -0.3 is 0 Å². The lowest BCUT2D eigenvalue weighted by Gasteiger charge is -2.24. The average molecular weight is 339 g/mol. The minimum absolute atomic E-state index is 0.0521. The van der Waals surface area contributed by atoms with Crippen LogP contribution in [0, 0.1) is 0 Å². The summed E-state index contributed by atoms with van der Waals surface area (Å²) in [5.41, 5.74) is 0.268. The van der Waals surface area contributed by atoms with E-state index in [4.69, 9.17) is 4.55 Å². The topological polar surface area (TPSA) is 101 Å². The SMILES string of the molecule is CSc1cc2c3c(cccc3c1)C(=O)N(OS(=O)(=O)O)C2=O. The Labute approximate surface area is 129 Å². The Morgan fingerprint density at radius 1 is 1.14 bits per heavy atom. The Morgan fingerprint density at radius 3 is 2.45 bits per heavy atom. The molecule has 2 aromatic rings. The van der Waals surface area contributed by atoms with Gasteiger partial charge in [0.15, 0.2) is 0 Å². The molecule has 0 radical (unpaired) electrons. The van der Waals surface area contributed by atoms with E-state index in [1.54, 1.807) is 18.2 Å². The van der Waals surface area contributed by atoms with Crippen LogP contribution in [-0.2, 0) is 14.7 Å². The standard InChI is InChI=1S/C13H9NO6S2/c1-21-8-5-7-3-2-4-9-11(7)10(6-8)13(16)14(12(9)15)20-22(17,18)19/h2-6H,1H3,(H,17,18,19). The third-order valence-corrected chi connectivity index (χ3v) is 4.23. The fourth-order valence-corrected chi connectivity index (χ4v) is 3.14. The molecule has 0 aromatic heterocycles. The highest BCUT2D eigenvalue weighted by Gasteiger charge is 2.37. The minimum Gasteiger partial charge on any atom is -0.266 e. The molecular weight excluding hydrogens is 330 g/mol. The van der Waals surface area contributed by atoms with Crippen molar-refractivity contribution < 1.29 is 26.8 Å². The molecule has 0 saturated heterocycles. The summed E-state index contributed by atoms with van der Waals surface area (Å²) in [5.74, 6) is -1.89. The monoisotopic (exact) mass is 339 g/mol. The Morgan fingerprint density at radius 2 is 1.82 bits per heavy atom. The first kappa shape index (κ1) is 15.0. The van der Waals surface area contributed by atoms with Crippen LogP contribution in [0.15, 0.2) is 35.2 Å². The number of amides is 2. The van der Waals surface area contributed by atoms with Gasteiger partial charge in [0.1, 0.15) is 0 Å². The number of hydrogen-bond acceptors (Lipinski definition) is 6. The minimum atomic E-state index is -5.00. The first-order chi connectivity index (χ1) is 10.3. The molecule has 1 aliphatic rings. The summed E-state index contributed by atoms with van der Waals surface area (Å²) in [5, 5.41) is 1.18. The molecular formula is C13H9NO6S2. The van der Waals surface area contributed by atoms with E-state index in [1.807, 2.05) is 12.3 Å². The van der Waals surface area contributed by atoms with Gasteiger partial charge in [-0.05, 0) is 29.8 Å². The summed E-state index contributed by atoms with van der Waals surface area (Å²) < 4.78 is 34.6. The van der Waals surface area contributed by atoms with E-state index < -0.39 is 22.2 Å². The molecule has 0 aliphatic carbocycles. The van der Waals surface area contributed by atoms with E-state index in [0.717, 1.165) is 4.90 Å². The molecule has 114 valence electrons. The molecule has 3 rings (SSSR count). The molecule has 0 saturated carbocycles. The van der Waals surface area contributed by atoms with Crippen LogP contribution < -0.4 is 0 Å². The van der Waals surface area contributed by atoms with Gasteiger partial charge in [-0.2, -0.15) is 8.42 Å². The Hall–Kier alpha value is -1.94. The number of rotatable bonds is 3. The lowest BCUT2D eigenvalue weighted by Crippen LogP contribution is -2.41. The number of imide groups is 1. The molecule has 7 nitrogen and oxygen atoms in total. The van der Waals surface area contributed by atoms with Crippen molar-refractivity contribution in [1.29, 1.82) is 0 Å². The van der Waals surface area contributed by atoms with Crippen LogP contribution in [0.2, 0.25) is 0 Å². The number of thioether (sulfide) groups is 1. The molecule has 0 bridgehead atoms. The molecule has 0 atom stereocenters. The number of carbonyl (C=O) groups is 2. The van der Waals surface area contributed by atoms with Gasteiger partial charge in [0, 0.05) is 10.3 Å². The van der Waals surface area contributed by atoms with Crippen molar-refractivity contribution in [2.75, 3.05) is 6.26 Å². The first-order valence-electron chi connectivity index (χ1n) is 5.98. The van der Waals surface area contributed by atoms with Crippen molar-refractivity contribution in [2.45, 2.75) is 4.90 Å². The molecule has 0 unspecified atom stereocenters. The summed E-state index contributed by atoms with van der Waals surface area (Å²) in [6.45, 7) is 0. The highest BCUT2D eigenvalue weighted by atomic mass is 32.3. The predicted molar refractivity (Wildman–Crippen MR) is 78.9 cm³/mol. The summed E-state index contributed by atoms with van der Waals surface area (Å²) in [7, 11) is -5.00. The van der Waals surface area contributed by atoms with E-state index in [0.29, 0.717) is 10.8 Å². The summed E-state index contributed by atoms with van der Waals surface area (Å²) in [4.78, 5) is 25.4. The fourth-order valence-electron chi connectivity index (χ4n) is 2.34. The lowest BCUT2D eigenvalue weighted by atomic mass is 9.95. The summed E-state index contributed by atoms with van der Waals surface area (Å²) in [6.07, 6.45) is 1.82. The van der Waals surface area contributed by atoms with E-state index in [1.165, 1.54) is 17.8 Å². The largest absolute Gasteiger partial charge is 0.419 e. The lowest BCUT2D eigenvalue weighted by molar-refractivity contribution is -0.0217. The molecule has 2 aromatic carbocycles. The van der Waals surface area contributed by atoms with Gasteiger partial charge in [-0.3, -0.25) is 14.1 Å². The van der Waals surface area contributed by atoms with Gasteiger partial charge in [0.25, 0.3) is 11.8 Å². The van der Waals surface area contributed by atoms with Crippen LogP contribution in [-0.4, -0.2) is 36.1 Å². The van der Waals surface area contributed by atoms with Crippen LogP contribution in [0.4, 0.5) is 0 Å². The van der Waals surface area contributed by atoms with Crippen LogP contribution in [0.1, 0.15) is 20.7 Å².